The van der Waals surface area contributed by atoms with Gasteiger partial charge in [0.2, 0.25) is 6.08 Å². The minimum Gasteiger partial charge on any atom is -0.395 e. The second kappa shape index (κ2) is 83.6. The van der Waals surface area contributed by atoms with Crippen molar-refractivity contribution in [2.75, 3.05) is 232 Å². The van der Waals surface area contributed by atoms with Crippen molar-refractivity contribution in [2.24, 2.45) is 58.3 Å². The normalized spacial score (nSPS) is 22.0. The molecule has 0 amide bonds. The van der Waals surface area contributed by atoms with Crippen LogP contribution < -0.4 is 0 Å². The van der Waals surface area contributed by atoms with Gasteiger partial charge in [0.15, 0.2) is 0 Å². The topological polar surface area (TPSA) is 325 Å². The first-order valence-corrected chi connectivity index (χ1v) is 72.5. The van der Waals surface area contributed by atoms with Crippen molar-refractivity contribution in [1.29, 1.82) is 0 Å². The van der Waals surface area contributed by atoms with Crippen LogP contribution in [0, 0.1) is 53.3 Å². The predicted molar refractivity (Wildman–Crippen MR) is 574 cm³/mol. The van der Waals surface area contributed by atoms with Crippen LogP contribution in [0.4, 0.5) is 0 Å². The maximum absolute atomic E-state index is 9.93. The van der Waals surface area contributed by atoms with E-state index in [9.17, 15) is 4.79 Å². The molecule has 0 aromatic rings. The largest absolute Gasteiger partial charge is 0.500 e. The van der Waals surface area contributed by atoms with Gasteiger partial charge in [-0.3, -0.25) is 0 Å². The predicted octanol–water partition coefficient (Wildman–Crippen LogP) is 21.1. The zero-order valence-corrected chi connectivity index (χ0v) is 104. The average Bonchev–Trinajstić information content (AvgIpc) is 1.67. The van der Waals surface area contributed by atoms with Gasteiger partial charge in [-0.05, 0) is 264 Å². The van der Waals surface area contributed by atoms with E-state index < -0.39 is 79.0 Å². The summed E-state index contributed by atoms with van der Waals surface area (Å²) in [6.45, 7) is 41.9. The summed E-state index contributed by atoms with van der Waals surface area (Å²) in [7, 11) is 4.06. The Balaban J connectivity index is 0.000000795. The van der Waals surface area contributed by atoms with Gasteiger partial charge in [0.05, 0.1) is 45.7 Å². The molecule has 3 saturated heterocycles. The number of unbranched alkanes of at least 4 members (excludes halogenated alkanes) is 7. The molecule has 42 heteroatoms. The standard InChI is InChI=1S/C15H30O3Si.C14H28O2Si.C12H26O4Si.C12H24O3Si.C11H26O3Si.C10H21NO4Si.2C9H20O5Si.C7H18O3Si/c1-4-16-19(17-5-2,18-6-3)10-9-13-7-8-14-12-15(14)11-13;1-4-15-17(3,16-5-2)9-8-12-6-7-13-11-14(13)10-12;1-4-14-17(15-5-2,16-6-3)10-8-7-9-12-11-13-12;1-13-16(14-2,15-3)7-6-10-4-5-11-9-12(11)8-10;1-5-6-7-8-9-10-11-15(12-2,13-3)14-4;1-4-13-16(14-5-2,15-6-3)9-7-8-11-10-12;2*1-10-15(11-2,12-3)6-4-5-13-7-9-8-14-9;1-5-6-7-11(8-2,9-3)10-4/h13-15H,4-12H2,1-3H3;12-14H,4-11H2,1-3H3;12H,4-11H2,1-3H3;10-12H,4-9H2,1-3H3;5-11H2,1-4H3;4-9H2,1-3H3;2*9H,4-8H2,1-3H3;5-7H2,1-4H3. The Morgan fingerprint density at radius 3 is 0.801 bits per heavy atom. The number of ether oxygens (including phenoxy) is 5. The molecule has 0 bridgehead atoms. The third-order valence-electron chi connectivity index (χ3n) is 27.6. The van der Waals surface area contributed by atoms with Crippen LogP contribution >= 0.6 is 0 Å². The number of rotatable bonds is 77. The summed E-state index contributed by atoms with van der Waals surface area (Å²) in [5.41, 5.74) is 0. The summed E-state index contributed by atoms with van der Waals surface area (Å²) in [6.07, 6.45) is 40.0. The summed E-state index contributed by atoms with van der Waals surface area (Å²) < 4.78 is 170. The fraction of sp³-hybridized carbons (Fsp3) is 0.990. The minimum absolute atomic E-state index is 0.333. The molecule has 9 aliphatic rings. The van der Waals surface area contributed by atoms with Gasteiger partial charge < -0.3 is 139 Å². The molecule has 0 aromatic heterocycles. The first-order chi connectivity index (χ1) is 68.1. The van der Waals surface area contributed by atoms with Crippen molar-refractivity contribution in [3.63, 3.8) is 0 Å². The fourth-order valence-corrected chi connectivity index (χ4v) is 38.4. The van der Waals surface area contributed by atoms with E-state index in [4.69, 9.17) is 139 Å². The highest BCUT2D eigenvalue weighted by Gasteiger charge is 2.49. The quantitative estimate of drug-likeness (QED) is 0.0179. The van der Waals surface area contributed by atoms with Crippen molar-refractivity contribution >= 4 is 85.1 Å². The van der Waals surface area contributed by atoms with E-state index >= 15 is 0 Å². The van der Waals surface area contributed by atoms with E-state index in [1.807, 2.05) is 62.3 Å². The highest BCUT2D eigenvalue weighted by Crippen LogP contribution is 2.55. The molecule has 0 radical (unpaired) electrons. The van der Waals surface area contributed by atoms with Gasteiger partial charge in [-0.25, -0.2) is 9.79 Å². The lowest BCUT2D eigenvalue weighted by molar-refractivity contribution is 0.0685. The lowest BCUT2D eigenvalue weighted by Crippen LogP contribution is -2.46. The molecule has 33 nitrogen and oxygen atoms in total. The summed E-state index contributed by atoms with van der Waals surface area (Å²) >= 11 is 0. The Bertz CT molecular complexity index is 2770. The van der Waals surface area contributed by atoms with Crippen LogP contribution in [-0.4, -0.2) is 336 Å². The van der Waals surface area contributed by atoms with Crippen LogP contribution in [0.2, 0.25) is 60.9 Å². The Morgan fingerprint density at radius 2 is 0.511 bits per heavy atom. The molecule has 9 fully saturated rings. The number of aliphatic imine (C=N–C) groups is 1. The zero-order valence-electron chi connectivity index (χ0n) is 94.7. The van der Waals surface area contributed by atoms with Crippen molar-refractivity contribution in [3.8, 4) is 0 Å². The monoisotopic (exact) mass is 2180 g/mol. The zero-order chi connectivity index (χ0) is 105. The summed E-state index contributed by atoms with van der Waals surface area (Å²) in [5, 5.41) is 0. The molecule has 12 unspecified atom stereocenters. The Kier molecular flexibility index (Phi) is 82.4. The molecule has 3 heterocycles. The lowest BCUT2D eigenvalue weighted by atomic mass is 9.87. The number of isocyanates is 1. The Morgan fingerprint density at radius 1 is 0.255 bits per heavy atom. The number of epoxide rings is 3. The van der Waals surface area contributed by atoms with E-state index in [-0.39, 0.29) is 0 Å². The molecule has 842 valence electrons. The number of carbonyl (C=O) groups excluding carboxylic acids is 1. The SMILES string of the molecule is CCCCCCCC[Si](OC)(OC)OC.CCCC[Si](OC)(OC)OC.CCO[Si](C)(CCC1CCC2CC2C1)OCC.CCO[Si](CCC1CCC2CC2C1)(OCC)OCC.CCO[Si](CCCCC1CO1)(OCC)OCC.CCO[Si](CCCN=C=O)(OCC)OCC.CO[Si](CCC1CCC2CC2C1)(OC)OC.CO[Si](CCCOCC1CO1)(OC)OC.CO[Si](CCCOCC1CO1)(OC)OC. The molecule has 6 saturated carbocycles. The first-order valence-electron chi connectivity index (χ1n) is 54.5. The molecule has 0 spiro atoms. The molecular weight excluding hydrogens is 1970 g/mol. The van der Waals surface area contributed by atoms with Crippen LogP contribution in [0.1, 0.15) is 276 Å². The van der Waals surface area contributed by atoms with Gasteiger partial charge in [0.1, 0.15) is 12.2 Å². The molecule has 141 heavy (non-hydrogen) atoms. The molecule has 0 N–H and O–H groups in total. The second-order valence-electron chi connectivity index (χ2n) is 37.5. The third-order valence-corrected chi connectivity index (χ3v) is 54.1. The third kappa shape index (κ3) is 61.7. The highest BCUT2D eigenvalue weighted by molar-refractivity contribution is 6.66. The molecule has 12 atom stereocenters. The van der Waals surface area contributed by atoms with Gasteiger partial charge in [-0.1, -0.05) is 78.1 Å². The average molecular weight is 2180 g/mol. The van der Waals surface area contributed by atoms with Gasteiger partial charge >= 0.3 is 79.0 Å². The number of fused-ring (bicyclic) bond motifs is 3. The minimum atomic E-state index is -2.54. The van der Waals surface area contributed by atoms with E-state index in [0.717, 1.165) is 180 Å². The van der Waals surface area contributed by atoms with Crippen LogP contribution in [-0.2, 0) is 144 Å². The van der Waals surface area contributed by atoms with Gasteiger partial charge in [-0.15, -0.1) is 0 Å². The summed E-state index contributed by atoms with van der Waals surface area (Å²) in [6, 6.07) is 8.18. The van der Waals surface area contributed by atoms with Crippen LogP contribution in [0.25, 0.3) is 0 Å². The van der Waals surface area contributed by atoms with Gasteiger partial charge in [0.25, 0.3) is 0 Å². The van der Waals surface area contributed by atoms with E-state index in [0.29, 0.717) is 117 Å². The van der Waals surface area contributed by atoms with Crippen LogP contribution in [0.3, 0.4) is 0 Å². The van der Waals surface area contributed by atoms with Crippen LogP contribution in [0.5, 0.6) is 0 Å². The number of hydrogen-bond donors (Lipinski definition) is 0. The highest BCUT2D eigenvalue weighted by atomic mass is 28.4. The first kappa shape index (κ1) is 139. The summed E-state index contributed by atoms with van der Waals surface area (Å²) in [5.74, 6) is 9.24. The maximum Gasteiger partial charge on any atom is 0.500 e. The molecule has 6 aliphatic carbocycles. The van der Waals surface area contributed by atoms with E-state index in [2.05, 4.69) is 39.2 Å². The van der Waals surface area contributed by atoms with Gasteiger partial charge in [0, 0.05) is 241 Å². The smallest absolute Gasteiger partial charge is 0.395 e. The van der Waals surface area contributed by atoms with Crippen molar-refractivity contribution < 1.29 is 144 Å². The van der Waals surface area contributed by atoms with E-state index in [1.54, 1.807) is 107 Å². The lowest BCUT2D eigenvalue weighted by Gasteiger charge is -2.30. The molecular formula is C99H213NO32Si9. The van der Waals surface area contributed by atoms with Crippen molar-refractivity contribution in [2.45, 2.75) is 355 Å². The van der Waals surface area contributed by atoms with Crippen molar-refractivity contribution in [1.82, 2.24) is 0 Å². The Labute approximate surface area is 869 Å². The fourth-order valence-electron chi connectivity index (χ4n) is 18.9. The molecule has 9 rings (SSSR count). The maximum atomic E-state index is 9.93. The van der Waals surface area contributed by atoms with Crippen molar-refractivity contribution in [3.05, 3.63) is 0 Å². The number of nitrogens with zero attached hydrogens (tertiary/aromatic N) is 1. The van der Waals surface area contributed by atoms with Crippen LogP contribution in [0.15, 0.2) is 4.99 Å². The summed E-state index contributed by atoms with van der Waals surface area (Å²) in [4.78, 5) is 13.4. The Hall–Kier alpha value is 0.0919. The molecule has 3 aliphatic heterocycles. The second-order valence-corrected chi connectivity index (χ2v) is 64.5. The number of hydrogen-bond acceptors (Lipinski definition) is 33. The van der Waals surface area contributed by atoms with Gasteiger partial charge in [-0.2, -0.15) is 0 Å². The van der Waals surface area contributed by atoms with E-state index in [1.165, 1.54) is 147 Å². The molecule has 0 aromatic carbocycles.